The Morgan fingerprint density at radius 2 is 1.56 bits per heavy atom. The molecule has 3 nitrogen and oxygen atoms in total. The molecule has 140 valence electrons. The summed E-state index contributed by atoms with van der Waals surface area (Å²) in [6.07, 6.45) is 0. The highest BCUT2D eigenvalue weighted by atomic mass is 16.5. The molecule has 27 heavy (non-hydrogen) atoms. The molecule has 0 aromatic heterocycles. The lowest BCUT2D eigenvalue weighted by molar-refractivity contribution is 0.279. The topological polar surface area (TPSA) is 30.5 Å². The first kappa shape index (κ1) is 19.0. The number of aryl methyl sites for hydroxylation is 1. The molecule has 0 aliphatic rings. The van der Waals surface area contributed by atoms with Crippen LogP contribution in [0.25, 0.3) is 0 Å². The Balaban J connectivity index is 1.74. The molecule has 3 heteroatoms. The monoisotopic (exact) mass is 361 g/mol. The van der Waals surface area contributed by atoms with Crippen molar-refractivity contribution < 1.29 is 9.47 Å². The zero-order chi connectivity index (χ0) is 19.1. The average molecular weight is 361 g/mol. The van der Waals surface area contributed by atoms with Gasteiger partial charge in [-0.1, -0.05) is 66.7 Å². The minimum Gasteiger partial charge on any atom is -0.493 e. The van der Waals surface area contributed by atoms with Crippen LogP contribution in [0.2, 0.25) is 0 Å². The van der Waals surface area contributed by atoms with Crippen molar-refractivity contribution in [3.63, 3.8) is 0 Å². The van der Waals surface area contributed by atoms with Crippen LogP contribution >= 0.6 is 0 Å². The van der Waals surface area contributed by atoms with E-state index < -0.39 is 0 Å². The Morgan fingerprint density at radius 1 is 0.852 bits per heavy atom. The van der Waals surface area contributed by atoms with Gasteiger partial charge in [0.15, 0.2) is 11.5 Å². The number of nitrogens with one attached hydrogen (secondary N) is 1. The molecule has 0 unspecified atom stereocenters. The Kier molecular flexibility index (Phi) is 6.50. The molecule has 3 rings (SSSR count). The lowest BCUT2D eigenvalue weighted by atomic mass is 10.1. The molecule has 0 bridgehead atoms. The largest absolute Gasteiger partial charge is 0.493 e. The molecule has 0 aliphatic heterocycles. The standard InChI is InChI=1S/C24H27NO2/c1-18-10-7-8-13-22(18)17-27-24-21(14-9-15-23(24)26-3)16-25-19(2)20-11-5-4-6-12-20/h4-15,19,25H,16-17H2,1-3H3/t19-/m0/s1. The predicted molar refractivity (Wildman–Crippen MR) is 110 cm³/mol. The van der Waals surface area contributed by atoms with Crippen molar-refractivity contribution >= 4 is 0 Å². The summed E-state index contributed by atoms with van der Waals surface area (Å²) in [5, 5.41) is 3.58. The summed E-state index contributed by atoms with van der Waals surface area (Å²) >= 11 is 0. The number of para-hydroxylation sites is 1. The molecular weight excluding hydrogens is 334 g/mol. The van der Waals surface area contributed by atoms with Gasteiger partial charge in [0.1, 0.15) is 6.61 Å². The van der Waals surface area contributed by atoms with E-state index in [2.05, 4.69) is 61.6 Å². The fraction of sp³-hybridized carbons (Fsp3) is 0.250. The third-order valence-corrected chi connectivity index (χ3v) is 4.81. The Bertz CT molecular complexity index is 861. The zero-order valence-corrected chi connectivity index (χ0v) is 16.2. The van der Waals surface area contributed by atoms with Crippen LogP contribution < -0.4 is 14.8 Å². The molecule has 0 saturated heterocycles. The molecule has 0 radical (unpaired) electrons. The van der Waals surface area contributed by atoms with E-state index in [1.807, 2.05) is 30.3 Å². The summed E-state index contributed by atoms with van der Waals surface area (Å²) in [6, 6.07) is 25.0. The highest BCUT2D eigenvalue weighted by molar-refractivity contribution is 5.47. The smallest absolute Gasteiger partial charge is 0.166 e. The summed E-state index contributed by atoms with van der Waals surface area (Å²) in [7, 11) is 1.68. The molecule has 1 atom stereocenters. The van der Waals surface area contributed by atoms with Crippen molar-refractivity contribution in [2.45, 2.75) is 33.0 Å². The Morgan fingerprint density at radius 3 is 2.30 bits per heavy atom. The molecule has 0 spiro atoms. The SMILES string of the molecule is COc1cccc(CN[C@@H](C)c2ccccc2)c1OCc1ccccc1C. The number of rotatable bonds is 8. The summed E-state index contributed by atoms with van der Waals surface area (Å²) in [5.41, 5.74) is 4.76. The molecule has 1 N–H and O–H groups in total. The van der Waals surface area contributed by atoms with E-state index in [0.717, 1.165) is 17.1 Å². The van der Waals surface area contributed by atoms with Gasteiger partial charge in [-0.2, -0.15) is 0 Å². The zero-order valence-electron chi connectivity index (χ0n) is 16.2. The quantitative estimate of drug-likeness (QED) is 0.580. The summed E-state index contributed by atoms with van der Waals surface area (Å²) < 4.78 is 11.7. The van der Waals surface area contributed by atoms with Crippen LogP contribution in [0.1, 0.15) is 35.2 Å². The minimum absolute atomic E-state index is 0.251. The molecule has 0 amide bonds. The third-order valence-electron chi connectivity index (χ3n) is 4.81. The third kappa shape index (κ3) is 4.89. The first-order valence-electron chi connectivity index (χ1n) is 9.30. The molecule has 0 saturated carbocycles. The molecule has 3 aromatic carbocycles. The van der Waals surface area contributed by atoms with Gasteiger partial charge in [-0.3, -0.25) is 0 Å². The Labute approximate surface area is 162 Å². The second kappa shape index (κ2) is 9.24. The van der Waals surface area contributed by atoms with E-state index in [1.165, 1.54) is 16.7 Å². The fourth-order valence-electron chi connectivity index (χ4n) is 3.07. The summed E-state index contributed by atoms with van der Waals surface area (Å²) in [4.78, 5) is 0. The second-order valence-corrected chi connectivity index (χ2v) is 6.68. The molecular formula is C24H27NO2. The first-order valence-corrected chi connectivity index (χ1v) is 9.30. The van der Waals surface area contributed by atoms with Crippen molar-refractivity contribution in [2.24, 2.45) is 0 Å². The van der Waals surface area contributed by atoms with Gasteiger partial charge >= 0.3 is 0 Å². The molecule has 0 heterocycles. The van der Waals surface area contributed by atoms with Crippen LogP contribution in [0.4, 0.5) is 0 Å². The van der Waals surface area contributed by atoms with Crippen LogP contribution in [-0.4, -0.2) is 7.11 Å². The fourth-order valence-corrected chi connectivity index (χ4v) is 3.07. The van der Waals surface area contributed by atoms with E-state index >= 15 is 0 Å². The molecule has 3 aromatic rings. The van der Waals surface area contributed by atoms with Crippen LogP contribution in [0.15, 0.2) is 72.8 Å². The maximum absolute atomic E-state index is 6.20. The van der Waals surface area contributed by atoms with E-state index in [9.17, 15) is 0 Å². The van der Waals surface area contributed by atoms with Gasteiger partial charge in [-0.05, 0) is 36.6 Å². The van der Waals surface area contributed by atoms with E-state index in [-0.39, 0.29) is 6.04 Å². The van der Waals surface area contributed by atoms with Crippen LogP contribution in [0, 0.1) is 6.92 Å². The summed E-state index contributed by atoms with van der Waals surface area (Å²) in [5.74, 6) is 1.56. The van der Waals surface area contributed by atoms with Crippen molar-refractivity contribution in [3.05, 3.63) is 95.1 Å². The van der Waals surface area contributed by atoms with Gasteiger partial charge in [0, 0.05) is 18.2 Å². The highest BCUT2D eigenvalue weighted by Crippen LogP contribution is 2.32. The number of hydrogen-bond donors (Lipinski definition) is 1. The Hall–Kier alpha value is -2.78. The maximum atomic E-state index is 6.20. The van der Waals surface area contributed by atoms with E-state index in [1.54, 1.807) is 7.11 Å². The number of hydrogen-bond acceptors (Lipinski definition) is 3. The normalized spacial score (nSPS) is 11.8. The first-order chi connectivity index (χ1) is 13.2. The number of ether oxygens (including phenoxy) is 2. The molecule has 0 fully saturated rings. The second-order valence-electron chi connectivity index (χ2n) is 6.68. The van der Waals surface area contributed by atoms with Gasteiger partial charge in [0.05, 0.1) is 7.11 Å². The maximum Gasteiger partial charge on any atom is 0.166 e. The van der Waals surface area contributed by atoms with E-state index in [0.29, 0.717) is 13.2 Å². The van der Waals surface area contributed by atoms with Gasteiger partial charge in [-0.15, -0.1) is 0 Å². The molecule has 0 aliphatic carbocycles. The van der Waals surface area contributed by atoms with Crippen molar-refractivity contribution in [2.75, 3.05) is 7.11 Å². The van der Waals surface area contributed by atoms with Crippen LogP contribution in [0.3, 0.4) is 0 Å². The van der Waals surface area contributed by atoms with Crippen molar-refractivity contribution in [1.29, 1.82) is 0 Å². The van der Waals surface area contributed by atoms with Crippen LogP contribution in [-0.2, 0) is 13.2 Å². The van der Waals surface area contributed by atoms with Gasteiger partial charge in [-0.25, -0.2) is 0 Å². The van der Waals surface area contributed by atoms with Gasteiger partial charge in [0.25, 0.3) is 0 Å². The van der Waals surface area contributed by atoms with Crippen molar-refractivity contribution in [1.82, 2.24) is 5.32 Å². The van der Waals surface area contributed by atoms with E-state index in [4.69, 9.17) is 9.47 Å². The number of benzene rings is 3. The average Bonchev–Trinajstić information content (AvgIpc) is 2.72. The van der Waals surface area contributed by atoms with Crippen LogP contribution in [0.5, 0.6) is 11.5 Å². The van der Waals surface area contributed by atoms with Crippen molar-refractivity contribution in [3.8, 4) is 11.5 Å². The lowest BCUT2D eigenvalue weighted by Gasteiger charge is -2.19. The summed E-state index contributed by atoms with van der Waals surface area (Å²) in [6.45, 7) is 5.50. The minimum atomic E-state index is 0.251. The van der Waals surface area contributed by atoms with Gasteiger partial charge in [0.2, 0.25) is 0 Å². The lowest BCUT2D eigenvalue weighted by Crippen LogP contribution is -2.18. The number of methoxy groups -OCH3 is 1. The predicted octanol–water partition coefficient (Wildman–Crippen LogP) is 5.43. The highest BCUT2D eigenvalue weighted by Gasteiger charge is 2.13. The van der Waals surface area contributed by atoms with Gasteiger partial charge < -0.3 is 14.8 Å².